The van der Waals surface area contributed by atoms with Crippen LogP contribution >= 0.6 is 31.9 Å². The predicted molar refractivity (Wildman–Crippen MR) is 181 cm³/mol. The molecule has 0 saturated carbocycles. The number of nitrogens with two attached hydrogens (primary N) is 1. The van der Waals surface area contributed by atoms with Gasteiger partial charge in [-0.3, -0.25) is 0 Å². The molecule has 2 aliphatic rings. The summed E-state index contributed by atoms with van der Waals surface area (Å²) in [4.78, 5) is 50.1. The summed E-state index contributed by atoms with van der Waals surface area (Å²) in [5.74, 6) is 0.826. The number of aromatic amines is 1. The van der Waals surface area contributed by atoms with Gasteiger partial charge in [0.1, 0.15) is 11.6 Å². The summed E-state index contributed by atoms with van der Waals surface area (Å²) in [6, 6.07) is 15.9. The molecule has 4 amide bonds. The third-order valence-electron chi connectivity index (χ3n) is 8.38. The molecule has 1 atom stereocenters. The van der Waals surface area contributed by atoms with Crippen LogP contribution in [-0.4, -0.2) is 70.8 Å². The minimum Gasteiger partial charge on any atom is -0.437 e. The van der Waals surface area contributed by atoms with E-state index in [0.717, 1.165) is 32.2 Å². The molecule has 4 aromatic rings. The third kappa shape index (κ3) is 6.92. The largest absolute Gasteiger partial charge is 0.513 e. The van der Waals surface area contributed by atoms with E-state index in [1.807, 2.05) is 41.3 Å². The number of methoxy groups -OCH3 is 1. The number of anilines is 2. The van der Waals surface area contributed by atoms with Crippen molar-refractivity contribution >= 4 is 72.5 Å². The number of benzene rings is 3. The number of rotatable bonds is 6. The molecule has 1 fully saturated rings. The average molecular weight is 755 g/mol. The van der Waals surface area contributed by atoms with E-state index >= 15 is 0 Å². The van der Waals surface area contributed by atoms with Crippen LogP contribution in [0.5, 0.6) is 5.75 Å². The number of ether oxygens (including phenoxy) is 2. The number of H-pyrrole nitrogens is 1. The standard InChI is InChI=1S/C32H33Br2N7O5/c1-45-32(44)46-21-6-7-25-26(17-21)37-29(36-25)27(16-18-14-22(33)28(35)23(34)15-18)39-30(42)40-11-9-20(10-12-40)41-13-8-19-4-2-3-5-24(19)38-31(41)43/h2-7,14-15,17,20,27H,8-13,16,35H2,1H3,(H,36,37)(H,38,43)(H,39,42)/t27-/m1/s1. The molecule has 0 aliphatic carbocycles. The molecule has 5 N–H and O–H groups in total. The maximum absolute atomic E-state index is 13.7. The molecular weight excluding hydrogens is 722 g/mol. The number of piperidine rings is 1. The third-order valence-corrected chi connectivity index (χ3v) is 9.69. The topological polar surface area (TPSA) is 155 Å². The first-order valence-corrected chi connectivity index (χ1v) is 16.5. The molecule has 0 radical (unpaired) electrons. The SMILES string of the molecule is COC(=O)Oc1ccc2[nH]c([C@@H](Cc3cc(Br)c(N)c(Br)c3)NC(=O)N3CCC(N4CCc5ccccc5NC4=O)CC3)nc2c1. The highest BCUT2D eigenvalue weighted by atomic mass is 79.9. The van der Waals surface area contributed by atoms with Crippen LogP contribution in [0.25, 0.3) is 11.0 Å². The van der Waals surface area contributed by atoms with Crippen LogP contribution in [0, 0.1) is 0 Å². The number of nitrogens with zero attached hydrogens (tertiary/aromatic N) is 3. The zero-order valence-electron chi connectivity index (χ0n) is 25.0. The second-order valence-corrected chi connectivity index (χ2v) is 13.0. The number of nitrogen functional groups attached to an aromatic ring is 1. The maximum Gasteiger partial charge on any atom is 0.513 e. The summed E-state index contributed by atoms with van der Waals surface area (Å²) in [6.45, 7) is 1.65. The quantitative estimate of drug-likeness (QED) is 0.101. The summed E-state index contributed by atoms with van der Waals surface area (Å²) >= 11 is 7.03. The molecular formula is C32H33Br2N7O5. The van der Waals surface area contributed by atoms with Crippen molar-refractivity contribution in [2.45, 2.75) is 37.8 Å². The van der Waals surface area contributed by atoms with E-state index in [1.54, 1.807) is 23.1 Å². The summed E-state index contributed by atoms with van der Waals surface area (Å²) in [7, 11) is 1.24. The van der Waals surface area contributed by atoms with E-state index in [2.05, 4.69) is 52.2 Å². The van der Waals surface area contributed by atoms with Crippen LogP contribution < -0.4 is 21.1 Å². The van der Waals surface area contributed by atoms with Gasteiger partial charge in [-0.05, 0) is 92.6 Å². The van der Waals surface area contributed by atoms with E-state index < -0.39 is 12.2 Å². The number of carbonyl (C=O) groups is 3. The number of hydrogen-bond donors (Lipinski definition) is 4. The Kier molecular flexibility index (Phi) is 9.36. The number of urea groups is 2. The number of likely N-dealkylation sites (tertiary alicyclic amines) is 1. The molecule has 3 aromatic carbocycles. The Bertz CT molecular complexity index is 1770. The normalized spacial score (nSPS) is 15.9. The highest BCUT2D eigenvalue weighted by molar-refractivity contribution is 9.11. The molecule has 0 bridgehead atoms. The van der Waals surface area contributed by atoms with Crippen molar-refractivity contribution in [2.75, 3.05) is 37.8 Å². The zero-order chi connectivity index (χ0) is 32.4. The molecule has 3 heterocycles. The van der Waals surface area contributed by atoms with E-state index in [9.17, 15) is 14.4 Å². The Morgan fingerprint density at radius 2 is 1.83 bits per heavy atom. The highest BCUT2D eigenvalue weighted by Crippen LogP contribution is 2.32. The molecule has 12 nitrogen and oxygen atoms in total. The predicted octanol–water partition coefficient (Wildman–Crippen LogP) is 6.36. The van der Waals surface area contributed by atoms with E-state index in [0.29, 0.717) is 61.4 Å². The summed E-state index contributed by atoms with van der Waals surface area (Å²) in [5.41, 5.74) is 10.9. The van der Waals surface area contributed by atoms with Crippen molar-refractivity contribution in [1.82, 2.24) is 25.1 Å². The average Bonchev–Trinajstić information content (AvgIpc) is 3.39. The lowest BCUT2D eigenvalue weighted by Gasteiger charge is -2.38. The van der Waals surface area contributed by atoms with Gasteiger partial charge in [-0.1, -0.05) is 18.2 Å². The van der Waals surface area contributed by atoms with Crippen molar-refractivity contribution in [1.29, 1.82) is 0 Å². The zero-order valence-corrected chi connectivity index (χ0v) is 28.2. The molecule has 46 heavy (non-hydrogen) atoms. The Morgan fingerprint density at radius 1 is 1.09 bits per heavy atom. The molecule has 240 valence electrons. The first kappa shape index (κ1) is 31.7. The number of fused-ring (bicyclic) bond motifs is 2. The smallest absolute Gasteiger partial charge is 0.437 e. The van der Waals surface area contributed by atoms with Crippen LogP contribution in [0.3, 0.4) is 0 Å². The minimum atomic E-state index is -0.829. The van der Waals surface area contributed by atoms with Gasteiger partial charge in [0.15, 0.2) is 0 Å². The van der Waals surface area contributed by atoms with Crippen LogP contribution in [-0.2, 0) is 17.6 Å². The van der Waals surface area contributed by atoms with E-state index in [-0.39, 0.29) is 23.9 Å². The van der Waals surface area contributed by atoms with Crippen molar-refractivity contribution in [3.8, 4) is 5.75 Å². The number of hydrogen-bond acceptors (Lipinski definition) is 7. The lowest BCUT2D eigenvalue weighted by Crippen LogP contribution is -2.52. The molecule has 0 unspecified atom stereocenters. The number of para-hydroxylation sites is 1. The fraction of sp³-hybridized carbons (Fsp3) is 0.312. The lowest BCUT2D eigenvalue weighted by atomic mass is 10.0. The molecule has 6 rings (SSSR count). The van der Waals surface area contributed by atoms with Crippen molar-refractivity contribution in [3.05, 3.63) is 80.5 Å². The number of amides is 4. The Labute approximate surface area is 282 Å². The Balaban J connectivity index is 1.17. The number of carbonyl (C=O) groups excluding carboxylic acids is 3. The fourth-order valence-electron chi connectivity index (χ4n) is 5.94. The van der Waals surface area contributed by atoms with Crippen molar-refractivity contribution in [3.63, 3.8) is 0 Å². The number of nitrogens with one attached hydrogen (secondary N) is 3. The molecule has 0 spiro atoms. The van der Waals surface area contributed by atoms with Crippen molar-refractivity contribution in [2.24, 2.45) is 0 Å². The van der Waals surface area contributed by atoms with Crippen LogP contribution in [0.4, 0.5) is 25.8 Å². The van der Waals surface area contributed by atoms with Gasteiger partial charge in [0.2, 0.25) is 0 Å². The van der Waals surface area contributed by atoms with Gasteiger partial charge < -0.3 is 40.6 Å². The molecule has 1 aromatic heterocycles. The summed E-state index contributed by atoms with van der Waals surface area (Å²) in [6.07, 6.45) is 1.72. The number of halogens is 2. The van der Waals surface area contributed by atoms with Crippen molar-refractivity contribution < 1.29 is 23.9 Å². The molecule has 1 saturated heterocycles. The van der Waals surface area contributed by atoms with Gasteiger partial charge in [0.25, 0.3) is 0 Å². The Hall–Kier alpha value is -4.30. The van der Waals surface area contributed by atoms with Gasteiger partial charge in [0.05, 0.1) is 29.9 Å². The van der Waals surface area contributed by atoms with Gasteiger partial charge in [-0.25, -0.2) is 19.4 Å². The number of aromatic nitrogens is 2. The second kappa shape index (κ2) is 13.6. The van der Waals surface area contributed by atoms with Gasteiger partial charge in [0, 0.05) is 52.8 Å². The van der Waals surface area contributed by atoms with Gasteiger partial charge in [-0.15, -0.1) is 0 Å². The minimum absolute atomic E-state index is 0.0374. The molecule has 14 heteroatoms. The monoisotopic (exact) mass is 753 g/mol. The summed E-state index contributed by atoms with van der Waals surface area (Å²) in [5, 5.41) is 6.23. The fourth-order valence-corrected chi connectivity index (χ4v) is 7.22. The first-order valence-electron chi connectivity index (χ1n) is 14.9. The second-order valence-electron chi connectivity index (χ2n) is 11.3. The highest BCUT2D eigenvalue weighted by Gasteiger charge is 2.32. The summed E-state index contributed by atoms with van der Waals surface area (Å²) < 4.78 is 11.2. The van der Waals surface area contributed by atoms with Gasteiger partial charge >= 0.3 is 18.2 Å². The van der Waals surface area contributed by atoms with E-state index in [4.69, 9.17) is 15.5 Å². The maximum atomic E-state index is 13.7. The van der Waals surface area contributed by atoms with Crippen LogP contribution in [0.1, 0.15) is 35.8 Å². The van der Waals surface area contributed by atoms with Crippen LogP contribution in [0.15, 0.2) is 63.5 Å². The first-order chi connectivity index (χ1) is 22.2. The van der Waals surface area contributed by atoms with E-state index in [1.165, 1.54) is 7.11 Å². The van der Waals surface area contributed by atoms with Crippen LogP contribution in [0.2, 0.25) is 0 Å². The molecule has 2 aliphatic heterocycles. The lowest BCUT2D eigenvalue weighted by molar-refractivity contribution is 0.121. The Morgan fingerprint density at radius 3 is 2.57 bits per heavy atom. The van der Waals surface area contributed by atoms with Gasteiger partial charge in [-0.2, -0.15) is 0 Å². The number of imidazole rings is 1.